The van der Waals surface area contributed by atoms with Crippen LogP contribution >= 0.6 is 0 Å². The lowest BCUT2D eigenvalue weighted by Gasteiger charge is -2.25. The maximum absolute atomic E-state index is 12.9. The predicted octanol–water partition coefficient (Wildman–Crippen LogP) is 3.69. The lowest BCUT2D eigenvalue weighted by atomic mass is 9.95. The number of hydrogen-bond donors (Lipinski definition) is 1. The molecule has 2 aromatic carbocycles. The molecule has 144 valence electrons. The minimum Gasteiger partial charge on any atom is -0.486 e. The average molecular weight is 379 g/mol. The third-order valence-electron chi connectivity index (χ3n) is 4.76. The van der Waals surface area contributed by atoms with E-state index in [4.69, 9.17) is 13.9 Å². The van der Waals surface area contributed by atoms with E-state index in [0.717, 1.165) is 5.56 Å². The minimum absolute atomic E-state index is 0.0121. The summed E-state index contributed by atoms with van der Waals surface area (Å²) in [5.74, 6) is 0.986. The molecule has 1 aromatic heterocycles. The van der Waals surface area contributed by atoms with E-state index in [2.05, 4.69) is 5.32 Å². The van der Waals surface area contributed by atoms with Crippen molar-refractivity contribution in [2.24, 2.45) is 5.92 Å². The molecule has 0 bridgehead atoms. The van der Waals surface area contributed by atoms with Crippen molar-refractivity contribution in [3.63, 3.8) is 0 Å². The van der Waals surface area contributed by atoms with Gasteiger partial charge < -0.3 is 19.2 Å². The van der Waals surface area contributed by atoms with Crippen LogP contribution in [0.1, 0.15) is 35.8 Å². The molecule has 6 heteroatoms. The van der Waals surface area contributed by atoms with Crippen molar-refractivity contribution in [2.45, 2.75) is 19.9 Å². The number of ether oxygens (including phenoxy) is 2. The van der Waals surface area contributed by atoms with Crippen LogP contribution in [0.3, 0.4) is 0 Å². The molecule has 4 rings (SSSR count). The highest BCUT2D eigenvalue weighted by Gasteiger charge is 2.23. The summed E-state index contributed by atoms with van der Waals surface area (Å²) in [5, 5.41) is 3.67. The first-order valence-corrected chi connectivity index (χ1v) is 9.26. The van der Waals surface area contributed by atoms with Crippen molar-refractivity contribution < 1.29 is 18.7 Å². The molecule has 28 heavy (non-hydrogen) atoms. The molecule has 1 amide bonds. The van der Waals surface area contributed by atoms with Crippen LogP contribution in [-0.2, 0) is 0 Å². The van der Waals surface area contributed by atoms with Crippen molar-refractivity contribution in [3.8, 4) is 11.5 Å². The van der Waals surface area contributed by atoms with Gasteiger partial charge in [-0.25, -0.2) is 4.79 Å². The molecular formula is C22H21NO5. The fourth-order valence-corrected chi connectivity index (χ4v) is 3.33. The van der Waals surface area contributed by atoms with Crippen LogP contribution in [0, 0.1) is 5.92 Å². The molecule has 0 saturated heterocycles. The van der Waals surface area contributed by atoms with Gasteiger partial charge in [0.2, 0.25) is 0 Å². The Labute approximate surface area is 162 Å². The molecule has 1 aliphatic rings. The number of carbonyl (C=O) groups excluding carboxylic acids is 1. The van der Waals surface area contributed by atoms with E-state index in [9.17, 15) is 9.59 Å². The molecule has 0 unspecified atom stereocenters. The number of carbonyl (C=O) groups is 1. The van der Waals surface area contributed by atoms with Gasteiger partial charge in [-0.15, -0.1) is 0 Å². The summed E-state index contributed by atoms with van der Waals surface area (Å²) in [7, 11) is 0. The Bertz CT molecular complexity index is 1090. The third-order valence-corrected chi connectivity index (χ3v) is 4.76. The maximum atomic E-state index is 12.9. The van der Waals surface area contributed by atoms with Gasteiger partial charge >= 0.3 is 5.63 Å². The fourth-order valence-electron chi connectivity index (χ4n) is 3.33. The Balaban J connectivity index is 1.64. The van der Waals surface area contributed by atoms with Crippen LogP contribution in [0.15, 0.2) is 57.7 Å². The summed E-state index contributed by atoms with van der Waals surface area (Å²) in [6.07, 6.45) is 0. The molecule has 0 spiro atoms. The number of benzene rings is 2. The molecule has 0 saturated carbocycles. The Morgan fingerprint density at radius 3 is 2.54 bits per heavy atom. The van der Waals surface area contributed by atoms with E-state index in [1.54, 1.807) is 24.3 Å². The molecule has 0 radical (unpaired) electrons. The van der Waals surface area contributed by atoms with Crippen molar-refractivity contribution in [3.05, 3.63) is 70.1 Å². The third kappa shape index (κ3) is 3.45. The van der Waals surface area contributed by atoms with Crippen LogP contribution in [0.2, 0.25) is 0 Å². The predicted molar refractivity (Wildman–Crippen MR) is 105 cm³/mol. The Hall–Kier alpha value is -3.28. The fraction of sp³-hybridized carbons (Fsp3) is 0.273. The molecular weight excluding hydrogens is 358 g/mol. The molecule has 3 aromatic rings. The number of para-hydroxylation sites is 1. The van der Waals surface area contributed by atoms with Gasteiger partial charge in [-0.1, -0.05) is 38.1 Å². The molecule has 2 heterocycles. The van der Waals surface area contributed by atoms with Crippen molar-refractivity contribution in [1.82, 2.24) is 5.32 Å². The largest absolute Gasteiger partial charge is 0.486 e. The number of rotatable bonds is 4. The summed E-state index contributed by atoms with van der Waals surface area (Å²) in [4.78, 5) is 25.1. The summed E-state index contributed by atoms with van der Waals surface area (Å²) in [5.41, 5.74) is 0.678. The first-order valence-electron chi connectivity index (χ1n) is 9.26. The summed E-state index contributed by atoms with van der Waals surface area (Å²) >= 11 is 0. The van der Waals surface area contributed by atoms with Gasteiger partial charge in [-0.2, -0.15) is 0 Å². The Morgan fingerprint density at radius 1 is 1.00 bits per heavy atom. The van der Waals surface area contributed by atoms with Gasteiger partial charge in [-0.05, 0) is 35.7 Å². The highest BCUT2D eigenvalue weighted by molar-refractivity contribution is 5.96. The van der Waals surface area contributed by atoms with E-state index >= 15 is 0 Å². The van der Waals surface area contributed by atoms with E-state index in [1.807, 2.05) is 38.1 Å². The minimum atomic E-state index is -0.652. The zero-order chi connectivity index (χ0) is 19.7. The quantitative estimate of drug-likeness (QED) is 0.700. The van der Waals surface area contributed by atoms with E-state index < -0.39 is 11.5 Å². The highest BCUT2D eigenvalue weighted by atomic mass is 16.6. The molecule has 1 aliphatic heterocycles. The summed E-state index contributed by atoms with van der Waals surface area (Å²) < 4.78 is 16.5. The first kappa shape index (κ1) is 18.1. The summed E-state index contributed by atoms with van der Waals surface area (Å²) in [6.45, 7) is 5.02. The van der Waals surface area contributed by atoms with Gasteiger partial charge in [0.1, 0.15) is 24.4 Å². The summed E-state index contributed by atoms with van der Waals surface area (Å²) in [6, 6.07) is 14.0. The van der Waals surface area contributed by atoms with Crippen LogP contribution in [0.4, 0.5) is 0 Å². The lowest BCUT2D eigenvalue weighted by Crippen LogP contribution is -2.34. The van der Waals surface area contributed by atoms with Crippen LogP contribution in [0.5, 0.6) is 11.5 Å². The zero-order valence-electron chi connectivity index (χ0n) is 15.7. The van der Waals surface area contributed by atoms with Gasteiger partial charge in [-0.3, -0.25) is 4.79 Å². The second-order valence-electron chi connectivity index (χ2n) is 7.08. The van der Waals surface area contributed by atoms with Crippen LogP contribution < -0.4 is 20.4 Å². The molecule has 6 nitrogen and oxygen atoms in total. The molecule has 1 N–H and O–H groups in total. The van der Waals surface area contributed by atoms with Crippen LogP contribution in [-0.4, -0.2) is 19.1 Å². The van der Waals surface area contributed by atoms with Gasteiger partial charge in [0.15, 0.2) is 11.5 Å². The topological polar surface area (TPSA) is 77.8 Å². The molecule has 1 atom stereocenters. The smallest absolute Gasteiger partial charge is 0.349 e. The number of amides is 1. The molecule has 0 fully saturated rings. The SMILES string of the molecule is CC(C)[C@@H](NC(=O)c1cc2ccccc2oc1=O)c1ccc2c(c1)OCCO2. The zero-order valence-corrected chi connectivity index (χ0v) is 15.7. The standard InChI is InChI=1S/C22H21NO5/c1-13(2)20(15-7-8-18-19(12-15)27-10-9-26-18)23-21(24)16-11-14-5-3-4-6-17(14)28-22(16)25/h3-8,11-13,20H,9-10H2,1-2H3,(H,23,24)/t20-/m1/s1. The second-order valence-corrected chi connectivity index (χ2v) is 7.08. The van der Waals surface area contributed by atoms with Crippen LogP contribution in [0.25, 0.3) is 11.0 Å². The normalized spacial score (nSPS) is 14.1. The van der Waals surface area contributed by atoms with Crippen molar-refractivity contribution >= 4 is 16.9 Å². The maximum Gasteiger partial charge on any atom is 0.349 e. The number of fused-ring (bicyclic) bond motifs is 2. The Morgan fingerprint density at radius 2 is 1.75 bits per heavy atom. The average Bonchev–Trinajstić information content (AvgIpc) is 2.70. The number of hydrogen-bond acceptors (Lipinski definition) is 5. The van der Waals surface area contributed by atoms with E-state index in [-0.39, 0.29) is 17.5 Å². The molecule has 0 aliphatic carbocycles. The number of nitrogens with one attached hydrogen (secondary N) is 1. The van der Waals surface area contributed by atoms with E-state index in [1.165, 1.54) is 0 Å². The first-order chi connectivity index (χ1) is 13.5. The Kier molecular flexibility index (Phi) is 4.77. The monoisotopic (exact) mass is 379 g/mol. The lowest BCUT2D eigenvalue weighted by molar-refractivity contribution is 0.0921. The van der Waals surface area contributed by atoms with Gasteiger partial charge in [0.25, 0.3) is 5.91 Å². The van der Waals surface area contributed by atoms with Gasteiger partial charge in [0, 0.05) is 5.39 Å². The van der Waals surface area contributed by atoms with E-state index in [0.29, 0.717) is 35.7 Å². The van der Waals surface area contributed by atoms with Gasteiger partial charge in [0.05, 0.1) is 6.04 Å². The second kappa shape index (κ2) is 7.38. The van der Waals surface area contributed by atoms with Crippen molar-refractivity contribution in [1.29, 1.82) is 0 Å². The highest BCUT2D eigenvalue weighted by Crippen LogP contribution is 2.34. The van der Waals surface area contributed by atoms with Crippen molar-refractivity contribution in [2.75, 3.05) is 13.2 Å².